The third-order valence-corrected chi connectivity index (χ3v) is 1.82. The van der Waals surface area contributed by atoms with Crippen molar-refractivity contribution in [2.24, 2.45) is 0 Å². The van der Waals surface area contributed by atoms with E-state index in [0.717, 1.165) is 4.47 Å². The maximum Gasteiger partial charge on any atom is 0.195 e. The van der Waals surface area contributed by atoms with E-state index in [0.29, 0.717) is 5.75 Å². The first-order chi connectivity index (χ1) is 6.72. The van der Waals surface area contributed by atoms with Crippen LogP contribution in [0.25, 0.3) is 0 Å². The third-order valence-electron chi connectivity index (χ3n) is 1.38. The van der Waals surface area contributed by atoms with Gasteiger partial charge in [-0.1, -0.05) is 0 Å². The fourth-order valence-electron chi connectivity index (χ4n) is 0.838. The number of halogens is 1. The van der Waals surface area contributed by atoms with Crippen LogP contribution >= 0.6 is 15.9 Å². The molecule has 0 atom stereocenters. The molecule has 4 nitrogen and oxygen atoms in total. The van der Waals surface area contributed by atoms with E-state index in [4.69, 9.17) is 4.74 Å². The van der Waals surface area contributed by atoms with Gasteiger partial charge in [-0.05, 0) is 22.0 Å². The zero-order valence-electron chi connectivity index (χ0n) is 7.70. The summed E-state index contributed by atoms with van der Waals surface area (Å²) >= 11 is 3.25. The summed E-state index contributed by atoms with van der Waals surface area (Å²) in [7, 11) is 1.47. The van der Waals surface area contributed by atoms with Crippen LogP contribution in [0.15, 0.2) is 22.9 Å². The smallest absolute Gasteiger partial charge is 0.195 e. The van der Waals surface area contributed by atoms with E-state index < -0.39 is 0 Å². The lowest BCUT2D eigenvalue weighted by Crippen LogP contribution is -2.16. The number of carbonyl (C=O) groups is 1. The summed E-state index contributed by atoms with van der Waals surface area (Å²) in [6.45, 7) is 0.0768. The van der Waals surface area contributed by atoms with Gasteiger partial charge in [-0.3, -0.25) is 9.78 Å². The molecule has 0 aromatic carbocycles. The molecule has 1 heterocycles. The lowest BCUT2D eigenvalue weighted by atomic mass is 10.4. The Balaban J connectivity index is 2.41. The average molecular weight is 260 g/mol. The number of hydrogen-bond acceptors (Lipinski definition) is 4. The molecule has 0 aliphatic carbocycles. The van der Waals surface area contributed by atoms with E-state index in [1.54, 1.807) is 18.5 Å². The molecule has 0 radical (unpaired) electrons. The molecule has 0 unspecified atom stereocenters. The summed E-state index contributed by atoms with van der Waals surface area (Å²) in [5, 5.41) is 0. The second-order valence-electron chi connectivity index (χ2n) is 2.60. The highest BCUT2D eigenvalue weighted by atomic mass is 79.9. The second kappa shape index (κ2) is 5.72. The van der Waals surface area contributed by atoms with Gasteiger partial charge in [0.05, 0.1) is 6.20 Å². The Morgan fingerprint density at radius 3 is 2.93 bits per heavy atom. The lowest BCUT2D eigenvalue weighted by Gasteiger charge is -2.04. The van der Waals surface area contributed by atoms with Crippen LogP contribution in [-0.4, -0.2) is 31.1 Å². The minimum absolute atomic E-state index is 0.00593. The Labute approximate surface area is 90.4 Å². The maximum atomic E-state index is 11.0. The standard InChI is InChI=1S/C9H10BrNO3/c1-13-5-8(12)6-14-9-2-7(10)3-11-4-9/h2-4H,5-6H2,1H3. The zero-order valence-corrected chi connectivity index (χ0v) is 9.28. The SMILES string of the molecule is COCC(=O)COc1cncc(Br)c1. The van der Waals surface area contributed by atoms with Crippen molar-refractivity contribution >= 4 is 21.7 Å². The fraction of sp³-hybridized carbons (Fsp3) is 0.333. The predicted molar refractivity (Wildman–Crippen MR) is 54.3 cm³/mol. The molecule has 1 aromatic rings. The van der Waals surface area contributed by atoms with Crippen LogP contribution in [0.3, 0.4) is 0 Å². The number of carbonyl (C=O) groups excluding carboxylic acids is 1. The van der Waals surface area contributed by atoms with E-state index in [1.807, 2.05) is 0 Å². The molecule has 0 spiro atoms. The number of nitrogens with zero attached hydrogens (tertiary/aromatic N) is 1. The molecule has 14 heavy (non-hydrogen) atoms. The Morgan fingerprint density at radius 2 is 2.29 bits per heavy atom. The van der Waals surface area contributed by atoms with Crippen molar-refractivity contribution in [2.45, 2.75) is 0 Å². The van der Waals surface area contributed by atoms with Gasteiger partial charge in [-0.2, -0.15) is 0 Å². The minimum Gasteiger partial charge on any atom is -0.484 e. The highest BCUT2D eigenvalue weighted by molar-refractivity contribution is 9.10. The largest absolute Gasteiger partial charge is 0.484 e. The molecular formula is C9H10BrNO3. The van der Waals surface area contributed by atoms with E-state index in [9.17, 15) is 4.79 Å². The summed E-state index contributed by atoms with van der Waals surface area (Å²) in [6, 6.07) is 1.74. The third kappa shape index (κ3) is 3.85. The number of pyridine rings is 1. The second-order valence-corrected chi connectivity index (χ2v) is 3.51. The van der Waals surface area contributed by atoms with Gasteiger partial charge in [0.25, 0.3) is 0 Å². The predicted octanol–water partition coefficient (Wildman–Crippen LogP) is 1.44. The Hall–Kier alpha value is -0.940. The quantitative estimate of drug-likeness (QED) is 0.803. The summed E-state index contributed by atoms with van der Waals surface area (Å²) in [4.78, 5) is 14.9. The monoisotopic (exact) mass is 259 g/mol. The van der Waals surface area contributed by atoms with Crippen molar-refractivity contribution in [3.05, 3.63) is 22.9 Å². The topological polar surface area (TPSA) is 48.4 Å². The van der Waals surface area contributed by atoms with Crippen LogP contribution in [-0.2, 0) is 9.53 Å². The molecule has 0 saturated carbocycles. The van der Waals surface area contributed by atoms with Gasteiger partial charge in [-0.15, -0.1) is 0 Å². The highest BCUT2D eigenvalue weighted by Gasteiger charge is 2.02. The van der Waals surface area contributed by atoms with Gasteiger partial charge in [0, 0.05) is 17.8 Å². The molecule has 0 fully saturated rings. The molecular weight excluding hydrogens is 250 g/mol. The van der Waals surface area contributed by atoms with Crippen LogP contribution < -0.4 is 4.74 Å². The fourth-order valence-corrected chi connectivity index (χ4v) is 1.18. The van der Waals surface area contributed by atoms with Crippen molar-refractivity contribution in [3.8, 4) is 5.75 Å². The van der Waals surface area contributed by atoms with Gasteiger partial charge in [0.2, 0.25) is 0 Å². The molecule has 0 N–H and O–H groups in total. The molecule has 0 saturated heterocycles. The summed E-state index contributed by atoms with van der Waals surface area (Å²) in [5.74, 6) is 0.455. The van der Waals surface area contributed by atoms with Gasteiger partial charge < -0.3 is 9.47 Å². The van der Waals surface area contributed by atoms with Crippen molar-refractivity contribution < 1.29 is 14.3 Å². The molecule has 1 rings (SSSR count). The lowest BCUT2D eigenvalue weighted by molar-refractivity contribution is -0.124. The van der Waals surface area contributed by atoms with Crippen LogP contribution in [0.5, 0.6) is 5.75 Å². The number of aromatic nitrogens is 1. The molecule has 0 aliphatic heterocycles. The minimum atomic E-state index is -0.104. The van der Waals surface area contributed by atoms with Crippen molar-refractivity contribution in [1.82, 2.24) is 4.98 Å². The van der Waals surface area contributed by atoms with Crippen molar-refractivity contribution in [1.29, 1.82) is 0 Å². The number of hydrogen-bond donors (Lipinski definition) is 0. The average Bonchev–Trinajstić information content (AvgIpc) is 2.15. The molecule has 0 amide bonds. The Morgan fingerprint density at radius 1 is 1.50 bits per heavy atom. The van der Waals surface area contributed by atoms with Gasteiger partial charge in [0.1, 0.15) is 19.0 Å². The number of ketones is 1. The Kier molecular flexibility index (Phi) is 4.55. The number of ether oxygens (including phenoxy) is 2. The van der Waals surface area contributed by atoms with Crippen LogP contribution in [0, 0.1) is 0 Å². The maximum absolute atomic E-state index is 11.0. The van der Waals surface area contributed by atoms with Gasteiger partial charge >= 0.3 is 0 Å². The van der Waals surface area contributed by atoms with Crippen molar-refractivity contribution in [3.63, 3.8) is 0 Å². The first-order valence-corrected chi connectivity index (χ1v) is 4.75. The first kappa shape index (κ1) is 11.1. The van der Waals surface area contributed by atoms with E-state index in [1.165, 1.54) is 7.11 Å². The van der Waals surface area contributed by atoms with Crippen LogP contribution in [0.4, 0.5) is 0 Å². The molecule has 0 aliphatic rings. The first-order valence-electron chi connectivity index (χ1n) is 3.96. The summed E-state index contributed by atoms with van der Waals surface area (Å²) < 4.78 is 10.7. The summed E-state index contributed by atoms with van der Waals surface area (Å²) in [6.07, 6.45) is 3.19. The normalized spacial score (nSPS) is 9.86. The van der Waals surface area contributed by atoms with E-state index in [2.05, 4.69) is 25.7 Å². The molecule has 1 aromatic heterocycles. The zero-order chi connectivity index (χ0) is 10.4. The highest BCUT2D eigenvalue weighted by Crippen LogP contribution is 2.15. The molecule has 5 heteroatoms. The number of rotatable bonds is 5. The van der Waals surface area contributed by atoms with E-state index in [-0.39, 0.29) is 19.0 Å². The van der Waals surface area contributed by atoms with Gasteiger partial charge in [0.15, 0.2) is 5.78 Å². The number of methoxy groups -OCH3 is 1. The van der Waals surface area contributed by atoms with E-state index >= 15 is 0 Å². The molecule has 76 valence electrons. The van der Waals surface area contributed by atoms with Crippen LogP contribution in [0.1, 0.15) is 0 Å². The number of Topliss-reactive ketones (excluding diaryl/α,β-unsaturated/α-hetero) is 1. The van der Waals surface area contributed by atoms with Gasteiger partial charge in [-0.25, -0.2) is 0 Å². The van der Waals surface area contributed by atoms with Crippen LogP contribution in [0.2, 0.25) is 0 Å². The Bertz CT molecular complexity index is 317. The summed E-state index contributed by atoms with van der Waals surface area (Å²) in [5.41, 5.74) is 0. The van der Waals surface area contributed by atoms with Crippen molar-refractivity contribution in [2.75, 3.05) is 20.3 Å². The molecule has 0 bridgehead atoms.